The van der Waals surface area contributed by atoms with Crippen LogP contribution in [0.3, 0.4) is 0 Å². The minimum atomic E-state index is -0.0871. The number of hydrogen-bond acceptors (Lipinski definition) is 3. The minimum absolute atomic E-state index is 0.0871. The van der Waals surface area contributed by atoms with Crippen molar-refractivity contribution in [2.24, 2.45) is 10.7 Å². The lowest BCUT2D eigenvalue weighted by atomic mass is 9.86. The van der Waals surface area contributed by atoms with E-state index in [9.17, 15) is 0 Å². The van der Waals surface area contributed by atoms with Crippen molar-refractivity contribution in [2.75, 3.05) is 13.1 Å². The van der Waals surface area contributed by atoms with Crippen molar-refractivity contribution in [1.82, 2.24) is 4.90 Å². The topological polar surface area (TPSA) is 41.6 Å². The van der Waals surface area contributed by atoms with Gasteiger partial charge < -0.3 is 10.6 Å². The smallest absolute Gasteiger partial charge is 0.192 e. The maximum Gasteiger partial charge on any atom is 0.192 e. The standard InChI is InChI=1S/C15H23N3/c1-5-8-18-14(16)17-10-15(18,4)13-9-11(2)6-7-12(13)3/h6-7,9H,5,8,10H2,1-4H3,(H2,16,17). The molecular formula is C15H23N3. The zero-order valence-electron chi connectivity index (χ0n) is 11.8. The fraction of sp³-hybridized carbons (Fsp3) is 0.533. The van der Waals surface area contributed by atoms with E-state index in [2.05, 4.69) is 55.8 Å². The van der Waals surface area contributed by atoms with E-state index >= 15 is 0 Å². The third-order valence-corrected chi connectivity index (χ3v) is 3.84. The molecule has 1 atom stereocenters. The van der Waals surface area contributed by atoms with Crippen molar-refractivity contribution in [1.29, 1.82) is 0 Å². The second kappa shape index (κ2) is 4.63. The third-order valence-electron chi connectivity index (χ3n) is 3.84. The van der Waals surface area contributed by atoms with Gasteiger partial charge in [0, 0.05) is 6.54 Å². The van der Waals surface area contributed by atoms with Gasteiger partial charge in [0.15, 0.2) is 5.96 Å². The lowest BCUT2D eigenvalue weighted by Crippen LogP contribution is -2.48. The number of benzene rings is 1. The molecule has 0 fully saturated rings. The van der Waals surface area contributed by atoms with Crippen LogP contribution in [-0.4, -0.2) is 23.9 Å². The van der Waals surface area contributed by atoms with Gasteiger partial charge in [-0.15, -0.1) is 0 Å². The van der Waals surface area contributed by atoms with Crippen LogP contribution in [0, 0.1) is 13.8 Å². The summed E-state index contributed by atoms with van der Waals surface area (Å²) in [5, 5.41) is 0. The molecule has 0 aromatic heterocycles. The summed E-state index contributed by atoms with van der Waals surface area (Å²) < 4.78 is 0. The monoisotopic (exact) mass is 245 g/mol. The Labute approximate surface area is 110 Å². The number of hydrogen-bond donors (Lipinski definition) is 1. The molecule has 0 saturated carbocycles. The molecule has 0 saturated heterocycles. The second-order valence-corrected chi connectivity index (χ2v) is 5.42. The predicted octanol–water partition coefficient (Wildman–Crippen LogP) is 2.56. The summed E-state index contributed by atoms with van der Waals surface area (Å²) in [5.74, 6) is 0.681. The predicted molar refractivity (Wildman–Crippen MR) is 76.8 cm³/mol. The molecule has 2 N–H and O–H groups in total. The van der Waals surface area contributed by atoms with E-state index in [1.807, 2.05) is 0 Å². The van der Waals surface area contributed by atoms with E-state index in [1.54, 1.807) is 0 Å². The summed E-state index contributed by atoms with van der Waals surface area (Å²) in [6.07, 6.45) is 1.08. The van der Waals surface area contributed by atoms with E-state index in [0.717, 1.165) is 19.5 Å². The van der Waals surface area contributed by atoms with Gasteiger partial charge in [-0.05, 0) is 38.3 Å². The SMILES string of the molecule is CCCN1C(N)=NCC1(C)c1cc(C)ccc1C. The zero-order chi connectivity index (χ0) is 13.3. The maximum absolute atomic E-state index is 6.04. The van der Waals surface area contributed by atoms with Crippen LogP contribution in [0.25, 0.3) is 0 Å². The highest BCUT2D eigenvalue weighted by molar-refractivity contribution is 5.81. The quantitative estimate of drug-likeness (QED) is 0.889. The number of guanidine groups is 1. The molecule has 1 aromatic carbocycles. The number of rotatable bonds is 3. The maximum atomic E-state index is 6.04. The van der Waals surface area contributed by atoms with Crippen LogP contribution in [0.1, 0.15) is 37.0 Å². The summed E-state index contributed by atoms with van der Waals surface area (Å²) in [7, 11) is 0. The number of nitrogens with two attached hydrogens (primary N) is 1. The molecule has 0 bridgehead atoms. The largest absolute Gasteiger partial charge is 0.370 e. The average Bonchev–Trinajstić information content (AvgIpc) is 2.62. The average molecular weight is 245 g/mol. The van der Waals surface area contributed by atoms with Crippen LogP contribution in [0.2, 0.25) is 0 Å². The first kappa shape index (κ1) is 12.9. The summed E-state index contributed by atoms with van der Waals surface area (Å²) in [4.78, 5) is 6.70. The van der Waals surface area contributed by atoms with Crippen LogP contribution in [0.15, 0.2) is 23.2 Å². The molecule has 98 valence electrons. The minimum Gasteiger partial charge on any atom is -0.370 e. The second-order valence-electron chi connectivity index (χ2n) is 5.42. The fourth-order valence-corrected chi connectivity index (χ4v) is 2.79. The first-order chi connectivity index (χ1) is 8.49. The van der Waals surface area contributed by atoms with Crippen LogP contribution >= 0.6 is 0 Å². The van der Waals surface area contributed by atoms with E-state index < -0.39 is 0 Å². The lowest BCUT2D eigenvalue weighted by Gasteiger charge is -2.37. The number of aryl methyl sites for hydroxylation is 2. The molecule has 2 rings (SSSR count). The van der Waals surface area contributed by atoms with Crippen molar-refractivity contribution in [3.63, 3.8) is 0 Å². The van der Waals surface area contributed by atoms with Crippen LogP contribution in [0.5, 0.6) is 0 Å². The Morgan fingerprint density at radius 1 is 1.39 bits per heavy atom. The first-order valence-electron chi connectivity index (χ1n) is 6.64. The van der Waals surface area contributed by atoms with Gasteiger partial charge in [-0.2, -0.15) is 0 Å². The van der Waals surface area contributed by atoms with Crippen LogP contribution in [0.4, 0.5) is 0 Å². The Morgan fingerprint density at radius 3 is 2.78 bits per heavy atom. The Hall–Kier alpha value is -1.51. The highest BCUT2D eigenvalue weighted by Gasteiger charge is 2.39. The molecule has 3 nitrogen and oxygen atoms in total. The Balaban J connectivity index is 2.45. The van der Waals surface area contributed by atoms with Gasteiger partial charge in [-0.25, -0.2) is 0 Å². The number of nitrogens with zero attached hydrogens (tertiary/aromatic N) is 2. The molecule has 1 unspecified atom stereocenters. The van der Waals surface area contributed by atoms with Gasteiger partial charge >= 0.3 is 0 Å². The molecule has 1 heterocycles. The molecule has 0 radical (unpaired) electrons. The van der Waals surface area contributed by atoms with Gasteiger partial charge in [0.05, 0.1) is 12.1 Å². The Morgan fingerprint density at radius 2 is 2.11 bits per heavy atom. The Kier molecular flexibility index (Phi) is 3.33. The van der Waals surface area contributed by atoms with Gasteiger partial charge in [0.1, 0.15) is 0 Å². The molecule has 0 aliphatic carbocycles. The molecule has 0 spiro atoms. The summed E-state index contributed by atoms with van der Waals surface area (Å²) >= 11 is 0. The molecular weight excluding hydrogens is 222 g/mol. The third kappa shape index (κ3) is 1.98. The van der Waals surface area contributed by atoms with Gasteiger partial charge in [0.2, 0.25) is 0 Å². The Bertz CT molecular complexity index is 479. The summed E-state index contributed by atoms with van der Waals surface area (Å²) in [6.45, 7) is 10.4. The molecule has 0 amide bonds. The van der Waals surface area contributed by atoms with Crippen molar-refractivity contribution >= 4 is 5.96 Å². The van der Waals surface area contributed by atoms with E-state index in [0.29, 0.717) is 5.96 Å². The van der Waals surface area contributed by atoms with Gasteiger partial charge in [-0.3, -0.25) is 4.99 Å². The van der Waals surface area contributed by atoms with Crippen molar-refractivity contribution in [3.05, 3.63) is 34.9 Å². The normalized spacial score (nSPS) is 23.3. The molecule has 1 aliphatic rings. The highest BCUT2D eigenvalue weighted by atomic mass is 15.3. The number of aliphatic imine (C=N–C) groups is 1. The van der Waals surface area contributed by atoms with Crippen LogP contribution < -0.4 is 5.73 Å². The summed E-state index contributed by atoms with van der Waals surface area (Å²) in [6, 6.07) is 6.62. The molecule has 1 aromatic rings. The first-order valence-corrected chi connectivity index (χ1v) is 6.64. The molecule has 1 aliphatic heterocycles. The van der Waals surface area contributed by atoms with Crippen molar-refractivity contribution in [2.45, 2.75) is 39.7 Å². The van der Waals surface area contributed by atoms with Crippen molar-refractivity contribution in [3.8, 4) is 0 Å². The molecule has 18 heavy (non-hydrogen) atoms. The zero-order valence-corrected chi connectivity index (χ0v) is 11.8. The highest BCUT2D eigenvalue weighted by Crippen LogP contribution is 2.35. The van der Waals surface area contributed by atoms with Gasteiger partial charge in [0.25, 0.3) is 0 Å². The fourth-order valence-electron chi connectivity index (χ4n) is 2.79. The lowest BCUT2D eigenvalue weighted by molar-refractivity contribution is 0.224. The van der Waals surface area contributed by atoms with Crippen LogP contribution in [-0.2, 0) is 5.54 Å². The van der Waals surface area contributed by atoms with E-state index in [1.165, 1.54) is 16.7 Å². The molecule has 3 heteroatoms. The summed E-state index contributed by atoms with van der Waals surface area (Å²) in [5.41, 5.74) is 9.91. The van der Waals surface area contributed by atoms with E-state index in [-0.39, 0.29) is 5.54 Å². The van der Waals surface area contributed by atoms with Crippen molar-refractivity contribution < 1.29 is 0 Å². The van der Waals surface area contributed by atoms with Gasteiger partial charge in [-0.1, -0.05) is 30.7 Å². The van der Waals surface area contributed by atoms with E-state index in [4.69, 9.17) is 5.73 Å².